The molecule has 1 saturated carbocycles. The topological polar surface area (TPSA) is 21.3 Å². The molecule has 1 aliphatic rings. The Balaban J connectivity index is 1.34. The summed E-state index contributed by atoms with van der Waals surface area (Å²) in [6, 6.07) is 20.1. The highest BCUT2D eigenvalue weighted by Gasteiger charge is 2.41. The number of rotatable bonds is 7. The number of ether oxygens (including phenoxy) is 1. The molecule has 0 saturated heterocycles. The predicted octanol–water partition coefficient (Wildman–Crippen LogP) is 3.72. The molecule has 1 unspecified atom stereocenters. The highest BCUT2D eigenvalue weighted by atomic mass is 19.1. The molecular formula is C19H22FNO. The van der Waals surface area contributed by atoms with Crippen molar-refractivity contribution in [3.8, 4) is 0 Å². The van der Waals surface area contributed by atoms with Crippen molar-refractivity contribution < 1.29 is 9.13 Å². The summed E-state index contributed by atoms with van der Waals surface area (Å²) in [6.07, 6.45) is 0.0440. The fourth-order valence-corrected chi connectivity index (χ4v) is 2.82. The first-order valence-electron chi connectivity index (χ1n) is 7.86. The minimum atomic E-state index is -0.806. The molecule has 0 spiro atoms. The van der Waals surface area contributed by atoms with Crippen LogP contribution in [0.4, 0.5) is 4.39 Å². The quantitative estimate of drug-likeness (QED) is 0.841. The molecule has 2 aromatic carbocycles. The van der Waals surface area contributed by atoms with Gasteiger partial charge in [0.1, 0.15) is 6.17 Å². The van der Waals surface area contributed by atoms with Gasteiger partial charge in [-0.15, -0.1) is 0 Å². The van der Waals surface area contributed by atoms with Crippen LogP contribution in [0.2, 0.25) is 0 Å². The lowest BCUT2D eigenvalue weighted by molar-refractivity contribution is -0.0179. The zero-order valence-electron chi connectivity index (χ0n) is 12.6. The van der Waals surface area contributed by atoms with E-state index in [1.165, 1.54) is 5.56 Å². The monoisotopic (exact) mass is 299 g/mol. The van der Waals surface area contributed by atoms with Crippen molar-refractivity contribution >= 4 is 0 Å². The van der Waals surface area contributed by atoms with Crippen molar-refractivity contribution in [3.05, 3.63) is 71.8 Å². The Hall–Kier alpha value is -1.71. The molecule has 0 bridgehead atoms. The van der Waals surface area contributed by atoms with E-state index >= 15 is 0 Å². The summed E-state index contributed by atoms with van der Waals surface area (Å²) < 4.78 is 19.8. The molecule has 2 nitrogen and oxygen atoms in total. The lowest BCUT2D eigenvalue weighted by Gasteiger charge is -2.40. The lowest BCUT2D eigenvalue weighted by Crippen LogP contribution is -2.53. The Morgan fingerprint density at radius 3 is 2.23 bits per heavy atom. The summed E-state index contributed by atoms with van der Waals surface area (Å²) in [5.74, 6) is 0.0250. The molecule has 0 amide bonds. The summed E-state index contributed by atoms with van der Waals surface area (Å²) in [6.45, 7) is 1.79. The highest BCUT2D eigenvalue weighted by Crippen LogP contribution is 2.31. The maximum atomic E-state index is 14.1. The van der Waals surface area contributed by atoms with Gasteiger partial charge < -0.3 is 10.1 Å². The molecule has 3 heteroatoms. The van der Waals surface area contributed by atoms with E-state index in [-0.39, 0.29) is 12.0 Å². The number of hydrogen-bond acceptors (Lipinski definition) is 2. The Bertz CT molecular complexity index is 560. The molecule has 1 N–H and O–H groups in total. The Kier molecular flexibility index (Phi) is 5.20. The molecule has 1 fully saturated rings. The largest absolute Gasteiger partial charge is 0.376 e. The molecule has 1 aliphatic carbocycles. The summed E-state index contributed by atoms with van der Waals surface area (Å²) in [5.41, 5.74) is 2.33. The maximum Gasteiger partial charge on any atom is 0.120 e. The first-order chi connectivity index (χ1) is 10.8. The summed E-state index contributed by atoms with van der Waals surface area (Å²) in [4.78, 5) is 0. The summed E-state index contributed by atoms with van der Waals surface area (Å²) in [7, 11) is 0. The Labute approximate surface area is 131 Å². The van der Waals surface area contributed by atoms with Crippen molar-refractivity contribution in [1.82, 2.24) is 5.32 Å². The van der Waals surface area contributed by atoms with Crippen LogP contribution >= 0.6 is 0 Å². The average molecular weight is 299 g/mol. The minimum absolute atomic E-state index is 0.0250. The Morgan fingerprint density at radius 2 is 1.59 bits per heavy atom. The molecule has 0 radical (unpaired) electrons. The average Bonchev–Trinajstić information content (AvgIpc) is 2.58. The fraction of sp³-hybridized carbons (Fsp3) is 0.368. The van der Waals surface area contributed by atoms with Gasteiger partial charge in [0.25, 0.3) is 0 Å². The van der Waals surface area contributed by atoms with E-state index in [1.807, 2.05) is 48.5 Å². The lowest BCUT2D eigenvalue weighted by atomic mass is 9.78. The second kappa shape index (κ2) is 7.52. The number of alkyl halides is 1. The molecule has 0 aliphatic heterocycles. The third-order valence-corrected chi connectivity index (χ3v) is 4.25. The molecule has 3 rings (SSSR count). The van der Waals surface area contributed by atoms with E-state index in [0.29, 0.717) is 13.2 Å². The molecular weight excluding hydrogens is 277 g/mol. The predicted molar refractivity (Wildman–Crippen MR) is 86.2 cm³/mol. The zero-order valence-corrected chi connectivity index (χ0v) is 12.6. The van der Waals surface area contributed by atoms with Gasteiger partial charge in [0.05, 0.1) is 13.2 Å². The number of halogens is 1. The van der Waals surface area contributed by atoms with Gasteiger partial charge in [-0.05, 0) is 17.5 Å². The van der Waals surface area contributed by atoms with Gasteiger partial charge in [-0.2, -0.15) is 0 Å². The third-order valence-electron chi connectivity index (χ3n) is 4.25. The van der Waals surface area contributed by atoms with Gasteiger partial charge in [-0.3, -0.25) is 0 Å². The van der Waals surface area contributed by atoms with E-state index < -0.39 is 6.17 Å². The van der Waals surface area contributed by atoms with Gasteiger partial charge in [0, 0.05) is 18.5 Å². The third kappa shape index (κ3) is 3.93. The van der Waals surface area contributed by atoms with Crippen molar-refractivity contribution in [2.45, 2.75) is 31.8 Å². The normalized spacial score (nSPS) is 24.0. The molecule has 0 aromatic heterocycles. The fourth-order valence-electron chi connectivity index (χ4n) is 2.82. The highest BCUT2D eigenvalue weighted by molar-refractivity contribution is 5.15. The van der Waals surface area contributed by atoms with Gasteiger partial charge in [0.2, 0.25) is 0 Å². The van der Waals surface area contributed by atoms with Crippen LogP contribution in [0, 0.1) is 5.92 Å². The Morgan fingerprint density at radius 1 is 0.955 bits per heavy atom. The maximum absolute atomic E-state index is 14.1. The van der Waals surface area contributed by atoms with Crippen LogP contribution in [0.1, 0.15) is 17.5 Å². The summed E-state index contributed by atoms with van der Waals surface area (Å²) in [5, 5.41) is 3.29. The van der Waals surface area contributed by atoms with Gasteiger partial charge >= 0.3 is 0 Å². The van der Waals surface area contributed by atoms with Gasteiger partial charge in [-0.25, -0.2) is 4.39 Å². The molecule has 0 heterocycles. The van der Waals surface area contributed by atoms with Crippen molar-refractivity contribution in [2.24, 2.45) is 5.92 Å². The number of hydrogen-bond donors (Lipinski definition) is 1. The van der Waals surface area contributed by atoms with Crippen molar-refractivity contribution in [3.63, 3.8) is 0 Å². The van der Waals surface area contributed by atoms with Crippen LogP contribution in [0.5, 0.6) is 0 Å². The van der Waals surface area contributed by atoms with Crippen LogP contribution < -0.4 is 5.32 Å². The first kappa shape index (κ1) is 15.2. The van der Waals surface area contributed by atoms with E-state index in [4.69, 9.17) is 4.74 Å². The van der Waals surface area contributed by atoms with E-state index in [1.54, 1.807) is 0 Å². The van der Waals surface area contributed by atoms with Crippen LogP contribution in [0.15, 0.2) is 60.7 Å². The molecule has 2 aromatic rings. The summed E-state index contributed by atoms with van der Waals surface area (Å²) >= 11 is 0. The second-order valence-electron chi connectivity index (χ2n) is 5.91. The molecule has 22 heavy (non-hydrogen) atoms. The zero-order chi connectivity index (χ0) is 15.2. The first-order valence-corrected chi connectivity index (χ1v) is 7.86. The smallest absolute Gasteiger partial charge is 0.120 e. The van der Waals surface area contributed by atoms with Crippen LogP contribution in [-0.4, -0.2) is 18.8 Å². The second-order valence-corrected chi connectivity index (χ2v) is 5.91. The number of benzene rings is 2. The van der Waals surface area contributed by atoms with Crippen LogP contribution in [0.3, 0.4) is 0 Å². The van der Waals surface area contributed by atoms with Gasteiger partial charge in [-0.1, -0.05) is 60.7 Å². The minimum Gasteiger partial charge on any atom is -0.376 e. The van der Waals surface area contributed by atoms with E-state index in [9.17, 15) is 4.39 Å². The molecule has 116 valence electrons. The standard InChI is InChI=1S/C19H22FNO/c20-19-17(14-22-13-16-9-5-2-6-10-16)11-18(19)21-12-15-7-3-1-4-8-15/h1-10,17-19,21H,11-14H2/t17-,18+,19?/m1/s1. The van der Waals surface area contributed by atoms with E-state index in [2.05, 4.69) is 17.4 Å². The van der Waals surface area contributed by atoms with Crippen molar-refractivity contribution in [1.29, 1.82) is 0 Å². The number of nitrogens with one attached hydrogen (secondary N) is 1. The molecule has 3 atom stereocenters. The van der Waals surface area contributed by atoms with Gasteiger partial charge in [0.15, 0.2) is 0 Å². The SMILES string of the molecule is FC1[C@@H](COCc2ccccc2)C[C@@H]1NCc1ccccc1. The van der Waals surface area contributed by atoms with E-state index in [0.717, 1.165) is 18.5 Å². The van der Waals surface area contributed by atoms with Crippen LogP contribution in [0.25, 0.3) is 0 Å². The van der Waals surface area contributed by atoms with Crippen molar-refractivity contribution in [2.75, 3.05) is 6.61 Å². The van der Waals surface area contributed by atoms with Crippen LogP contribution in [-0.2, 0) is 17.9 Å².